The molecular weight excluding hydrogens is 460 g/mol. The lowest BCUT2D eigenvalue weighted by molar-refractivity contribution is -0.384. The molecule has 0 bridgehead atoms. The summed E-state index contributed by atoms with van der Waals surface area (Å²) in [5.41, 5.74) is 1.44. The number of nitrogens with one attached hydrogen (secondary N) is 2. The molecule has 0 aromatic heterocycles. The number of likely N-dealkylation sites (tertiary alicyclic amines) is 1. The van der Waals surface area contributed by atoms with Gasteiger partial charge in [-0.15, -0.1) is 0 Å². The molecule has 2 atom stereocenters. The lowest BCUT2D eigenvalue weighted by Crippen LogP contribution is -2.35. The van der Waals surface area contributed by atoms with Crippen LogP contribution in [0.3, 0.4) is 0 Å². The molecule has 1 fully saturated rings. The van der Waals surface area contributed by atoms with Crippen molar-refractivity contribution in [2.45, 2.75) is 19.8 Å². The molecule has 4 rings (SSSR count). The van der Waals surface area contributed by atoms with Crippen molar-refractivity contribution in [1.29, 1.82) is 0 Å². The molecule has 34 heavy (non-hydrogen) atoms. The number of nitro benzene ring substituents is 1. The minimum atomic E-state index is -0.581. The predicted molar refractivity (Wildman–Crippen MR) is 128 cm³/mol. The van der Waals surface area contributed by atoms with E-state index < -0.39 is 10.8 Å². The molecule has 2 aromatic rings. The van der Waals surface area contributed by atoms with Crippen molar-refractivity contribution in [3.05, 3.63) is 74.8 Å². The van der Waals surface area contributed by atoms with Crippen LogP contribution in [0.15, 0.2) is 48.6 Å². The third-order valence-corrected chi connectivity index (χ3v) is 6.39. The van der Waals surface area contributed by atoms with Gasteiger partial charge >= 0.3 is 0 Å². The second-order valence-electron chi connectivity index (χ2n) is 8.31. The van der Waals surface area contributed by atoms with Crippen molar-refractivity contribution in [1.82, 2.24) is 4.90 Å². The molecule has 1 aliphatic heterocycles. The molecule has 2 N–H and O–H groups in total. The molecule has 2 aromatic carbocycles. The average Bonchev–Trinajstić information content (AvgIpc) is 3.06. The van der Waals surface area contributed by atoms with Crippen LogP contribution in [0.1, 0.15) is 28.8 Å². The first-order chi connectivity index (χ1) is 16.3. The van der Waals surface area contributed by atoms with Gasteiger partial charge in [0.2, 0.25) is 11.8 Å². The Hall–Kier alpha value is -3.72. The number of fused-ring (bicyclic) bond motifs is 1. The number of aryl methyl sites for hydroxylation is 1. The van der Waals surface area contributed by atoms with E-state index in [0.717, 1.165) is 5.56 Å². The molecule has 176 valence electrons. The van der Waals surface area contributed by atoms with Crippen molar-refractivity contribution in [2.75, 3.05) is 23.7 Å². The van der Waals surface area contributed by atoms with Gasteiger partial charge in [0.1, 0.15) is 0 Å². The zero-order valence-corrected chi connectivity index (χ0v) is 19.2. The molecule has 9 nitrogen and oxygen atoms in total. The maximum absolute atomic E-state index is 13.0. The molecule has 1 heterocycles. The number of imide groups is 1. The van der Waals surface area contributed by atoms with Crippen LogP contribution in [-0.2, 0) is 9.59 Å². The van der Waals surface area contributed by atoms with Crippen LogP contribution in [0.25, 0.3) is 0 Å². The Morgan fingerprint density at radius 1 is 1.09 bits per heavy atom. The number of nitro groups is 1. The van der Waals surface area contributed by atoms with Gasteiger partial charge in [0, 0.05) is 41.6 Å². The Morgan fingerprint density at radius 3 is 2.41 bits per heavy atom. The summed E-state index contributed by atoms with van der Waals surface area (Å²) >= 11 is 6.03. The second-order valence-corrected chi connectivity index (χ2v) is 8.75. The van der Waals surface area contributed by atoms with E-state index >= 15 is 0 Å². The molecule has 0 unspecified atom stereocenters. The predicted octanol–water partition coefficient (Wildman–Crippen LogP) is 4.17. The summed E-state index contributed by atoms with van der Waals surface area (Å²) in [7, 11) is 0. The number of hydrogen-bond acceptors (Lipinski definition) is 6. The van der Waals surface area contributed by atoms with E-state index in [0.29, 0.717) is 29.2 Å². The highest BCUT2D eigenvalue weighted by molar-refractivity contribution is 6.31. The molecule has 0 saturated carbocycles. The van der Waals surface area contributed by atoms with Gasteiger partial charge in [-0.25, -0.2) is 0 Å². The summed E-state index contributed by atoms with van der Waals surface area (Å²) in [6.45, 7) is 2.13. The molecule has 0 radical (unpaired) electrons. The van der Waals surface area contributed by atoms with Crippen LogP contribution in [0, 0.1) is 28.9 Å². The fourth-order valence-electron chi connectivity index (χ4n) is 4.30. The van der Waals surface area contributed by atoms with Crippen molar-refractivity contribution >= 4 is 46.4 Å². The van der Waals surface area contributed by atoms with E-state index in [4.69, 9.17) is 11.6 Å². The highest BCUT2D eigenvalue weighted by Crippen LogP contribution is 2.35. The number of amides is 3. The van der Waals surface area contributed by atoms with Gasteiger partial charge in [0.15, 0.2) is 0 Å². The van der Waals surface area contributed by atoms with E-state index in [1.54, 1.807) is 25.1 Å². The van der Waals surface area contributed by atoms with Crippen molar-refractivity contribution < 1.29 is 19.3 Å². The summed E-state index contributed by atoms with van der Waals surface area (Å²) in [4.78, 5) is 50.3. The van der Waals surface area contributed by atoms with E-state index in [2.05, 4.69) is 10.6 Å². The van der Waals surface area contributed by atoms with Gasteiger partial charge in [-0.05, 0) is 43.5 Å². The van der Waals surface area contributed by atoms with Crippen LogP contribution in [0.4, 0.5) is 17.1 Å². The number of nitrogens with zero attached hydrogens (tertiary/aromatic N) is 2. The minimum absolute atomic E-state index is 0.0607. The van der Waals surface area contributed by atoms with E-state index in [1.807, 2.05) is 12.2 Å². The Balaban J connectivity index is 1.50. The van der Waals surface area contributed by atoms with Crippen molar-refractivity contribution in [2.24, 2.45) is 11.8 Å². The molecular formula is C24H23ClN4O5. The standard InChI is InChI=1S/C24H23ClN4O5/c1-14-6-7-15(25)12-21(14)27-22(30)19-13-16(29(33)34)8-9-20(19)26-10-11-28-23(31)17-4-2-3-5-18(17)24(28)32/h2-3,6-9,12-13,17-18,26H,4-5,10-11H2,1H3,(H,27,30)/t17-,18+. The molecule has 10 heteroatoms. The van der Waals surface area contributed by atoms with Gasteiger partial charge in [-0.2, -0.15) is 0 Å². The molecule has 3 amide bonds. The van der Waals surface area contributed by atoms with Crippen LogP contribution in [-0.4, -0.2) is 40.6 Å². The number of halogens is 1. The van der Waals surface area contributed by atoms with Crippen molar-refractivity contribution in [3.8, 4) is 0 Å². The fraction of sp³-hybridized carbons (Fsp3) is 0.292. The summed E-state index contributed by atoms with van der Waals surface area (Å²) in [5, 5.41) is 17.5. The van der Waals surface area contributed by atoms with E-state index in [-0.39, 0.29) is 48.0 Å². The van der Waals surface area contributed by atoms with Crippen LogP contribution < -0.4 is 10.6 Å². The molecule has 1 saturated heterocycles. The zero-order chi connectivity index (χ0) is 24.4. The first-order valence-electron chi connectivity index (χ1n) is 10.9. The number of benzene rings is 2. The number of anilines is 2. The van der Waals surface area contributed by atoms with E-state index in [1.165, 1.54) is 23.1 Å². The monoisotopic (exact) mass is 482 g/mol. The van der Waals surface area contributed by atoms with Crippen molar-refractivity contribution in [3.63, 3.8) is 0 Å². The minimum Gasteiger partial charge on any atom is -0.383 e. The summed E-state index contributed by atoms with van der Waals surface area (Å²) in [5.74, 6) is -1.53. The first kappa shape index (κ1) is 23.4. The highest BCUT2D eigenvalue weighted by atomic mass is 35.5. The van der Waals surface area contributed by atoms with Crippen LogP contribution >= 0.6 is 11.6 Å². The number of non-ortho nitro benzene ring substituents is 1. The third-order valence-electron chi connectivity index (χ3n) is 6.16. The highest BCUT2D eigenvalue weighted by Gasteiger charge is 2.46. The third kappa shape index (κ3) is 4.65. The number of carbonyl (C=O) groups excluding carboxylic acids is 3. The number of allylic oxidation sites excluding steroid dienone is 2. The summed E-state index contributed by atoms with van der Waals surface area (Å²) in [6.07, 6.45) is 4.98. The second kappa shape index (κ2) is 9.64. The molecule has 2 aliphatic rings. The smallest absolute Gasteiger partial charge is 0.270 e. The largest absolute Gasteiger partial charge is 0.383 e. The number of rotatable bonds is 7. The van der Waals surface area contributed by atoms with Crippen LogP contribution in [0.2, 0.25) is 5.02 Å². The van der Waals surface area contributed by atoms with Gasteiger partial charge in [0.25, 0.3) is 11.6 Å². The Kier molecular flexibility index (Phi) is 6.65. The Morgan fingerprint density at radius 2 is 1.76 bits per heavy atom. The number of hydrogen-bond donors (Lipinski definition) is 2. The Labute approximate surface area is 200 Å². The SMILES string of the molecule is Cc1ccc(Cl)cc1NC(=O)c1cc([N+](=O)[O-])ccc1NCCN1C(=O)[C@H]2CC=CC[C@H]2C1=O. The lowest BCUT2D eigenvalue weighted by atomic mass is 9.85. The first-order valence-corrected chi connectivity index (χ1v) is 11.2. The Bertz CT molecular complexity index is 1190. The van der Waals surface area contributed by atoms with Gasteiger partial charge in [0.05, 0.1) is 22.3 Å². The zero-order valence-electron chi connectivity index (χ0n) is 18.4. The van der Waals surface area contributed by atoms with Gasteiger partial charge < -0.3 is 10.6 Å². The van der Waals surface area contributed by atoms with Gasteiger partial charge in [-0.3, -0.25) is 29.4 Å². The quantitative estimate of drug-likeness (QED) is 0.264. The van der Waals surface area contributed by atoms with Gasteiger partial charge in [-0.1, -0.05) is 29.8 Å². The maximum Gasteiger partial charge on any atom is 0.270 e. The topological polar surface area (TPSA) is 122 Å². The molecule has 0 spiro atoms. The fourth-order valence-corrected chi connectivity index (χ4v) is 4.47. The average molecular weight is 483 g/mol. The van der Waals surface area contributed by atoms with E-state index in [9.17, 15) is 24.5 Å². The maximum atomic E-state index is 13.0. The summed E-state index contributed by atoms with van der Waals surface area (Å²) in [6, 6.07) is 8.95. The summed E-state index contributed by atoms with van der Waals surface area (Å²) < 4.78 is 0. The van der Waals surface area contributed by atoms with Crippen LogP contribution in [0.5, 0.6) is 0 Å². The lowest BCUT2D eigenvalue weighted by Gasteiger charge is -2.17. The normalized spacial score (nSPS) is 19.2. The number of carbonyl (C=O) groups is 3. The molecule has 1 aliphatic carbocycles.